The summed E-state index contributed by atoms with van der Waals surface area (Å²) in [6.45, 7) is 2.73. The van der Waals surface area contributed by atoms with E-state index >= 15 is 0 Å². The van der Waals surface area contributed by atoms with Crippen molar-refractivity contribution in [1.29, 1.82) is 0 Å². The average Bonchev–Trinajstić information content (AvgIpc) is 2.47. The molecule has 1 saturated heterocycles. The Balaban J connectivity index is 1.89. The number of fused-ring (bicyclic) bond motifs is 1. The van der Waals surface area contributed by atoms with Crippen molar-refractivity contribution in [3.63, 3.8) is 0 Å². The highest BCUT2D eigenvalue weighted by Crippen LogP contribution is 2.36. The highest BCUT2D eigenvalue weighted by Gasteiger charge is 2.26. The third-order valence-electron chi connectivity index (χ3n) is 3.56. The van der Waals surface area contributed by atoms with Crippen molar-refractivity contribution in [3.05, 3.63) is 22.7 Å². The Morgan fingerprint density at radius 2 is 2.00 bits per heavy atom. The van der Waals surface area contributed by atoms with Gasteiger partial charge in [-0.05, 0) is 25.5 Å². The van der Waals surface area contributed by atoms with Crippen molar-refractivity contribution in [2.75, 3.05) is 26.3 Å². The number of nitrogens with one attached hydrogen (secondary N) is 1. The van der Waals surface area contributed by atoms with E-state index in [4.69, 9.17) is 21.1 Å². The molecule has 3 rings (SSSR count). The topological polar surface area (TPSA) is 47.6 Å². The lowest BCUT2D eigenvalue weighted by molar-refractivity contribution is 0.0898. The maximum atomic E-state index is 12.5. The fourth-order valence-corrected chi connectivity index (χ4v) is 2.80. The van der Waals surface area contributed by atoms with Gasteiger partial charge < -0.3 is 14.8 Å². The number of ketones is 1. The van der Waals surface area contributed by atoms with Crippen LogP contribution in [0.4, 0.5) is 0 Å². The summed E-state index contributed by atoms with van der Waals surface area (Å²) in [5.41, 5.74) is 0.541. The van der Waals surface area contributed by atoms with Crippen LogP contribution < -0.4 is 14.8 Å². The Bertz CT molecular complexity index is 498. The Hall–Kier alpha value is -1.26. The van der Waals surface area contributed by atoms with Gasteiger partial charge in [0.05, 0.1) is 5.02 Å². The minimum Gasteiger partial charge on any atom is -0.486 e. The number of rotatable bonds is 2. The van der Waals surface area contributed by atoms with Gasteiger partial charge in [0.15, 0.2) is 17.3 Å². The van der Waals surface area contributed by atoms with Crippen molar-refractivity contribution in [2.24, 2.45) is 5.92 Å². The third kappa shape index (κ3) is 2.55. The van der Waals surface area contributed by atoms with E-state index in [1.54, 1.807) is 12.1 Å². The number of benzene rings is 1. The summed E-state index contributed by atoms with van der Waals surface area (Å²) in [6, 6.07) is 3.40. The molecule has 5 heteroatoms. The number of ether oxygens (including phenoxy) is 2. The van der Waals surface area contributed by atoms with Crippen LogP contribution in [0.15, 0.2) is 12.1 Å². The molecule has 0 aliphatic carbocycles. The predicted octanol–water partition coefficient (Wildman–Crippen LogP) is 2.29. The Kier molecular flexibility index (Phi) is 3.62. The first-order valence-electron chi connectivity index (χ1n) is 6.60. The van der Waals surface area contributed by atoms with E-state index in [1.807, 2.05) is 0 Å². The summed E-state index contributed by atoms with van der Waals surface area (Å²) in [6.07, 6.45) is 1.94. The number of carbonyl (C=O) groups is 1. The van der Waals surface area contributed by atoms with E-state index in [0.717, 1.165) is 25.9 Å². The van der Waals surface area contributed by atoms with E-state index in [2.05, 4.69) is 5.32 Å². The Morgan fingerprint density at radius 1 is 1.26 bits per heavy atom. The summed E-state index contributed by atoms with van der Waals surface area (Å²) in [7, 11) is 0. The molecule has 2 heterocycles. The second kappa shape index (κ2) is 5.39. The van der Waals surface area contributed by atoms with Gasteiger partial charge in [-0.1, -0.05) is 11.6 Å². The molecule has 0 radical (unpaired) electrons. The van der Waals surface area contributed by atoms with Crippen LogP contribution in [0.3, 0.4) is 0 Å². The SMILES string of the molecule is O=C(c1cc2c(cc1Cl)OCCO2)C1CCCNC1. The minimum absolute atomic E-state index is 0.00816. The fourth-order valence-electron chi connectivity index (χ4n) is 2.55. The zero-order chi connectivity index (χ0) is 13.2. The summed E-state index contributed by atoms with van der Waals surface area (Å²) in [5.74, 6) is 1.33. The van der Waals surface area contributed by atoms with Crippen LogP contribution in [0, 0.1) is 5.92 Å². The van der Waals surface area contributed by atoms with Crippen LogP contribution in [0.1, 0.15) is 23.2 Å². The van der Waals surface area contributed by atoms with Crippen LogP contribution >= 0.6 is 11.6 Å². The maximum absolute atomic E-state index is 12.5. The number of piperidine rings is 1. The van der Waals surface area contributed by atoms with E-state index in [9.17, 15) is 4.79 Å². The number of hydrogen-bond acceptors (Lipinski definition) is 4. The van der Waals surface area contributed by atoms with Crippen molar-refractivity contribution < 1.29 is 14.3 Å². The zero-order valence-corrected chi connectivity index (χ0v) is 11.3. The van der Waals surface area contributed by atoms with Gasteiger partial charge in [-0.2, -0.15) is 0 Å². The van der Waals surface area contributed by atoms with Gasteiger partial charge in [0.25, 0.3) is 0 Å². The smallest absolute Gasteiger partial charge is 0.168 e. The third-order valence-corrected chi connectivity index (χ3v) is 3.88. The molecule has 0 spiro atoms. The molecule has 1 aromatic rings. The standard InChI is InChI=1S/C14H16ClNO3/c15-11-7-13-12(18-4-5-19-13)6-10(11)14(17)9-2-1-3-16-8-9/h6-7,9,16H,1-5,8H2. The number of Topliss-reactive ketones (excluding diaryl/α,β-unsaturated/α-hetero) is 1. The van der Waals surface area contributed by atoms with Crippen molar-refractivity contribution >= 4 is 17.4 Å². The second-order valence-corrected chi connectivity index (χ2v) is 5.29. The molecule has 0 saturated carbocycles. The van der Waals surface area contributed by atoms with Crippen LogP contribution in [0.5, 0.6) is 11.5 Å². The first-order valence-corrected chi connectivity index (χ1v) is 6.97. The van der Waals surface area contributed by atoms with Crippen molar-refractivity contribution in [2.45, 2.75) is 12.8 Å². The summed E-state index contributed by atoms with van der Waals surface area (Å²) in [5, 5.41) is 3.69. The molecule has 102 valence electrons. The molecule has 1 N–H and O–H groups in total. The summed E-state index contributed by atoms with van der Waals surface area (Å²) >= 11 is 6.20. The van der Waals surface area contributed by atoms with E-state index in [1.165, 1.54) is 0 Å². The van der Waals surface area contributed by atoms with Crippen LogP contribution in [0.2, 0.25) is 5.02 Å². The number of halogens is 1. The normalized spacial score (nSPS) is 22.1. The molecule has 1 unspecified atom stereocenters. The molecule has 0 amide bonds. The summed E-state index contributed by atoms with van der Waals surface area (Å²) in [4.78, 5) is 12.5. The largest absolute Gasteiger partial charge is 0.486 e. The maximum Gasteiger partial charge on any atom is 0.168 e. The molecule has 2 aliphatic heterocycles. The number of hydrogen-bond donors (Lipinski definition) is 1. The van der Waals surface area contributed by atoms with Crippen molar-refractivity contribution in [1.82, 2.24) is 5.32 Å². The first-order chi connectivity index (χ1) is 9.25. The summed E-state index contributed by atoms with van der Waals surface area (Å²) < 4.78 is 11.0. The van der Waals surface area contributed by atoms with Crippen LogP contribution in [-0.4, -0.2) is 32.1 Å². The molecule has 0 bridgehead atoms. The molecule has 0 aromatic heterocycles. The molecule has 4 nitrogen and oxygen atoms in total. The molecule has 19 heavy (non-hydrogen) atoms. The molecule has 2 aliphatic rings. The quantitative estimate of drug-likeness (QED) is 0.845. The van der Waals surface area contributed by atoms with Gasteiger partial charge in [0.1, 0.15) is 13.2 Å². The molecule has 1 atom stereocenters. The van der Waals surface area contributed by atoms with Gasteiger partial charge >= 0.3 is 0 Å². The van der Waals surface area contributed by atoms with Crippen molar-refractivity contribution in [3.8, 4) is 11.5 Å². The van der Waals surface area contributed by atoms with Gasteiger partial charge in [-0.3, -0.25) is 4.79 Å². The van der Waals surface area contributed by atoms with E-state index in [0.29, 0.717) is 35.3 Å². The fraction of sp³-hybridized carbons (Fsp3) is 0.500. The predicted molar refractivity (Wildman–Crippen MR) is 72.4 cm³/mol. The van der Waals surface area contributed by atoms with Crippen LogP contribution in [0.25, 0.3) is 0 Å². The Labute approximate surface area is 117 Å². The monoisotopic (exact) mass is 281 g/mol. The van der Waals surface area contributed by atoms with Gasteiger partial charge in [-0.25, -0.2) is 0 Å². The number of carbonyl (C=O) groups excluding carboxylic acids is 1. The first kappa shape index (κ1) is 12.8. The molecule has 1 fully saturated rings. The van der Waals surface area contributed by atoms with Gasteiger partial charge in [-0.15, -0.1) is 0 Å². The Morgan fingerprint density at radius 3 is 2.68 bits per heavy atom. The van der Waals surface area contributed by atoms with Gasteiger partial charge in [0, 0.05) is 24.1 Å². The highest BCUT2D eigenvalue weighted by molar-refractivity contribution is 6.34. The van der Waals surface area contributed by atoms with E-state index in [-0.39, 0.29) is 11.7 Å². The van der Waals surface area contributed by atoms with Gasteiger partial charge in [0.2, 0.25) is 0 Å². The average molecular weight is 282 g/mol. The van der Waals surface area contributed by atoms with E-state index < -0.39 is 0 Å². The lowest BCUT2D eigenvalue weighted by Gasteiger charge is -2.23. The molecular formula is C14H16ClNO3. The molecule has 1 aromatic carbocycles. The zero-order valence-electron chi connectivity index (χ0n) is 10.6. The highest BCUT2D eigenvalue weighted by atomic mass is 35.5. The lowest BCUT2D eigenvalue weighted by Crippen LogP contribution is -2.34. The van der Waals surface area contributed by atoms with Crippen LogP contribution in [-0.2, 0) is 0 Å². The second-order valence-electron chi connectivity index (χ2n) is 4.88. The minimum atomic E-state index is 0.00816. The molecular weight excluding hydrogens is 266 g/mol. The lowest BCUT2D eigenvalue weighted by atomic mass is 9.91.